The van der Waals surface area contributed by atoms with E-state index in [1.54, 1.807) is 6.20 Å². The fraction of sp³-hybridized carbons (Fsp3) is 0.182. The van der Waals surface area contributed by atoms with E-state index in [1.165, 1.54) is 0 Å². The van der Waals surface area contributed by atoms with Crippen molar-refractivity contribution in [1.82, 2.24) is 5.32 Å². The predicted octanol–water partition coefficient (Wildman–Crippen LogP) is 1.03. The van der Waals surface area contributed by atoms with Crippen LogP contribution in [0.4, 0.5) is 0 Å². The maximum Gasteiger partial charge on any atom is 0.252 e. The van der Waals surface area contributed by atoms with Crippen LogP contribution in [-0.4, -0.2) is 12.5 Å². The van der Waals surface area contributed by atoms with E-state index in [4.69, 9.17) is 4.74 Å². The second-order valence-corrected chi connectivity index (χ2v) is 3.43. The first-order valence-corrected chi connectivity index (χ1v) is 4.59. The molecule has 0 fully saturated rings. The third kappa shape index (κ3) is 0.894. The van der Waals surface area contributed by atoms with Crippen molar-refractivity contribution in [1.29, 1.82) is 0 Å². The van der Waals surface area contributed by atoms with Crippen molar-refractivity contribution >= 4 is 5.91 Å². The van der Waals surface area contributed by atoms with Crippen molar-refractivity contribution in [3.05, 3.63) is 47.4 Å². The molecular formula is C11H9NO2. The first-order valence-electron chi connectivity index (χ1n) is 4.59. The van der Waals surface area contributed by atoms with Gasteiger partial charge in [0, 0.05) is 23.3 Å². The highest BCUT2D eigenvalue weighted by Gasteiger charge is 2.31. The van der Waals surface area contributed by atoms with Crippen LogP contribution in [0.5, 0.6) is 0 Å². The fourth-order valence-corrected chi connectivity index (χ4v) is 1.99. The normalized spacial score (nSPS) is 27.9. The molecule has 14 heavy (non-hydrogen) atoms. The number of amides is 1. The molecule has 0 radical (unpaired) electrons. The summed E-state index contributed by atoms with van der Waals surface area (Å²) in [5, 5.41) is 2.68. The molecule has 0 aromatic rings. The fourth-order valence-electron chi connectivity index (χ4n) is 1.99. The molecular weight excluding hydrogens is 178 g/mol. The minimum absolute atomic E-state index is 0.0133. The van der Waals surface area contributed by atoms with Crippen LogP contribution < -0.4 is 5.32 Å². The van der Waals surface area contributed by atoms with E-state index in [1.807, 2.05) is 24.3 Å². The summed E-state index contributed by atoms with van der Waals surface area (Å²) >= 11 is 0. The highest BCUT2D eigenvalue weighted by atomic mass is 16.5. The zero-order chi connectivity index (χ0) is 9.54. The number of fused-ring (bicyclic) bond motifs is 3. The van der Waals surface area contributed by atoms with Crippen molar-refractivity contribution < 1.29 is 9.53 Å². The van der Waals surface area contributed by atoms with E-state index in [0.29, 0.717) is 6.61 Å². The lowest BCUT2D eigenvalue weighted by Gasteiger charge is -2.24. The molecule has 3 heteroatoms. The Kier molecular flexibility index (Phi) is 1.42. The third-order valence-electron chi connectivity index (χ3n) is 2.68. The van der Waals surface area contributed by atoms with Gasteiger partial charge in [-0.25, -0.2) is 0 Å². The van der Waals surface area contributed by atoms with Gasteiger partial charge in [0.15, 0.2) is 0 Å². The summed E-state index contributed by atoms with van der Waals surface area (Å²) in [6, 6.07) is 0. The molecule has 0 spiro atoms. The van der Waals surface area contributed by atoms with E-state index >= 15 is 0 Å². The van der Waals surface area contributed by atoms with E-state index in [2.05, 4.69) is 5.32 Å². The minimum atomic E-state index is -0.0133. The Morgan fingerprint density at radius 2 is 2.29 bits per heavy atom. The first-order chi connectivity index (χ1) is 6.86. The molecule has 70 valence electrons. The zero-order valence-electron chi connectivity index (χ0n) is 7.49. The van der Waals surface area contributed by atoms with E-state index in [0.717, 1.165) is 16.9 Å². The molecule has 2 aliphatic heterocycles. The molecule has 0 aromatic heterocycles. The van der Waals surface area contributed by atoms with Crippen LogP contribution in [0.2, 0.25) is 0 Å². The number of rotatable bonds is 0. The molecule has 1 unspecified atom stereocenters. The smallest absolute Gasteiger partial charge is 0.252 e. The largest absolute Gasteiger partial charge is 0.489 e. The average molecular weight is 187 g/mol. The molecule has 0 bridgehead atoms. The zero-order valence-corrected chi connectivity index (χ0v) is 7.49. The van der Waals surface area contributed by atoms with Crippen LogP contribution in [0.1, 0.15) is 0 Å². The van der Waals surface area contributed by atoms with Crippen molar-refractivity contribution in [2.75, 3.05) is 6.61 Å². The quantitative estimate of drug-likeness (QED) is 0.615. The Balaban J connectivity index is 2.13. The number of nitrogens with one attached hydrogen (secondary N) is 1. The lowest BCUT2D eigenvalue weighted by Crippen LogP contribution is -2.29. The summed E-state index contributed by atoms with van der Waals surface area (Å²) in [6.07, 6.45) is 9.42. The van der Waals surface area contributed by atoms with Gasteiger partial charge in [-0.3, -0.25) is 4.79 Å². The molecule has 1 amide bonds. The van der Waals surface area contributed by atoms with Crippen LogP contribution in [0, 0.1) is 5.92 Å². The molecule has 3 rings (SSSR count). The summed E-state index contributed by atoms with van der Waals surface area (Å²) in [6.45, 7) is 0.619. The van der Waals surface area contributed by atoms with Crippen molar-refractivity contribution in [2.45, 2.75) is 0 Å². The molecule has 2 heterocycles. The van der Waals surface area contributed by atoms with Crippen molar-refractivity contribution in [3.8, 4) is 0 Å². The van der Waals surface area contributed by atoms with E-state index in [-0.39, 0.29) is 11.8 Å². The molecule has 0 saturated carbocycles. The van der Waals surface area contributed by atoms with Crippen LogP contribution in [0.25, 0.3) is 0 Å². The molecule has 0 saturated heterocycles. The highest BCUT2D eigenvalue weighted by Crippen LogP contribution is 2.36. The van der Waals surface area contributed by atoms with Crippen LogP contribution >= 0.6 is 0 Å². The Morgan fingerprint density at radius 3 is 3.21 bits per heavy atom. The SMILES string of the molecule is O=C1NC=CC2C1=CC=C1OCC=C12. The topological polar surface area (TPSA) is 38.3 Å². The Morgan fingerprint density at radius 1 is 1.36 bits per heavy atom. The van der Waals surface area contributed by atoms with Crippen molar-refractivity contribution in [3.63, 3.8) is 0 Å². The number of carbonyl (C=O) groups excluding carboxylic acids is 1. The molecule has 1 N–H and O–H groups in total. The molecule has 1 aliphatic carbocycles. The van der Waals surface area contributed by atoms with Crippen molar-refractivity contribution in [2.24, 2.45) is 5.92 Å². The second kappa shape index (κ2) is 2.61. The third-order valence-corrected chi connectivity index (χ3v) is 2.68. The van der Waals surface area contributed by atoms with Crippen LogP contribution in [-0.2, 0) is 9.53 Å². The first kappa shape index (κ1) is 7.62. The lowest BCUT2D eigenvalue weighted by atomic mass is 9.84. The number of allylic oxidation sites excluding steroid dienone is 4. The number of hydrogen-bond acceptors (Lipinski definition) is 2. The van der Waals surface area contributed by atoms with Gasteiger partial charge in [0.1, 0.15) is 12.4 Å². The standard InChI is InChI=1S/C11H9NO2/c13-11-9-1-2-10-8(4-6-14-10)7(9)3-5-12-11/h1-5,7H,6H2,(H,12,13). The van der Waals surface area contributed by atoms with E-state index in [9.17, 15) is 4.79 Å². The van der Waals surface area contributed by atoms with Gasteiger partial charge in [-0.15, -0.1) is 0 Å². The molecule has 3 nitrogen and oxygen atoms in total. The Labute approximate surface area is 81.4 Å². The maximum absolute atomic E-state index is 11.5. The molecule has 1 atom stereocenters. The Bertz CT molecular complexity index is 427. The molecule has 0 aromatic carbocycles. The van der Waals surface area contributed by atoms with Gasteiger partial charge in [-0.05, 0) is 18.2 Å². The van der Waals surface area contributed by atoms with Gasteiger partial charge in [-0.1, -0.05) is 6.08 Å². The minimum Gasteiger partial charge on any atom is -0.489 e. The average Bonchev–Trinajstić information content (AvgIpc) is 2.66. The lowest BCUT2D eigenvalue weighted by molar-refractivity contribution is -0.117. The number of ether oxygens (including phenoxy) is 1. The number of hydrogen-bond donors (Lipinski definition) is 1. The van der Waals surface area contributed by atoms with Gasteiger partial charge >= 0.3 is 0 Å². The Hall–Kier alpha value is -1.77. The van der Waals surface area contributed by atoms with Gasteiger partial charge < -0.3 is 10.1 Å². The summed E-state index contributed by atoms with van der Waals surface area (Å²) in [7, 11) is 0. The van der Waals surface area contributed by atoms with E-state index < -0.39 is 0 Å². The molecule has 3 aliphatic rings. The van der Waals surface area contributed by atoms with Gasteiger partial charge in [0.25, 0.3) is 5.91 Å². The van der Waals surface area contributed by atoms with Gasteiger partial charge in [0.2, 0.25) is 0 Å². The van der Waals surface area contributed by atoms with Crippen LogP contribution in [0.3, 0.4) is 0 Å². The summed E-state index contributed by atoms with van der Waals surface area (Å²) < 4.78 is 5.40. The van der Waals surface area contributed by atoms with Gasteiger partial charge in [0.05, 0.1) is 0 Å². The van der Waals surface area contributed by atoms with Gasteiger partial charge in [-0.2, -0.15) is 0 Å². The predicted molar refractivity (Wildman–Crippen MR) is 51.0 cm³/mol. The summed E-state index contributed by atoms with van der Waals surface area (Å²) in [5.41, 5.74) is 1.92. The monoisotopic (exact) mass is 187 g/mol. The van der Waals surface area contributed by atoms with Crippen LogP contribution in [0.15, 0.2) is 47.4 Å². The highest BCUT2D eigenvalue weighted by molar-refractivity contribution is 5.97. The number of carbonyl (C=O) groups is 1. The maximum atomic E-state index is 11.5. The summed E-state index contributed by atoms with van der Waals surface area (Å²) in [4.78, 5) is 11.5. The second-order valence-electron chi connectivity index (χ2n) is 3.43. The summed E-state index contributed by atoms with van der Waals surface area (Å²) in [5.74, 6) is 0.977.